The van der Waals surface area contributed by atoms with Gasteiger partial charge in [-0.2, -0.15) is 0 Å². The quantitative estimate of drug-likeness (QED) is 0.859. The third-order valence-corrected chi connectivity index (χ3v) is 3.73. The first-order valence-electron chi connectivity index (χ1n) is 6.83. The molecule has 20 heavy (non-hydrogen) atoms. The van der Waals surface area contributed by atoms with Crippen molar-refractivity contribution in [2.45, 2.75) is 39.2 Å². The van der Waals surface area contributed by atoms with Gasteiger partial charge in [0.15, 0.2) is 4.77 Å². The molecule has 0 saturated carbocycles. The van der Waals surface area contributed by atoms with E-state index >= 15 is 0 Å². The van der Waals surface area contributed by atoms with Gasteiger partial charge in [-0.05, 0) is 36.3 Å². The summed E-state index contributed by atoms with van der Waals surface area (Å²) in [6.45, 7) is 7.48. The number of nitrogens with zero attached hydrogens (tertiary/aromatic N) is 1. The molecule has 0 radical (unpaired) electrons. The Morgan fingerprint density at radius 3 is 2.70 bits per heavy atom. The van der Waals surface area contributed by atoms with Crippen molar-refractivity contribution < 1.29 is 4.74 Å². The van der Waals surface area contributed by atoms with Crippen LogP contribution in [-0.2, 0) is 18.4 Å². The molecule has 0 bridgehead atoms. The number of aromatic nitrogens is 2. The number of hydrogen-bond donors (Lipinski definition) is 1. The van der Waals surface area contributed by atoms with Crippen molar-refractivity contribution in [1.82, 2.24) is 9.55 Å². The molecular formula is C16H22N2OS. The van der Waals surface area contributed by atoms with Crippen molar-refractivity contribution in [3.63, 3.8) is 0 Å². The summed E-state index contributed by atoms with van der Waals surface area (Å²) in [5.41, 5.74) is 2.58. The Balaban J connectivity index is 2.19. The first-order valence-corrected chi connectivity index (χ1v) is 7.24. The van der Waals surface area contributed by atoms with Gasteiger partial charge < -0.3 is 14.3 Å². The molecule has 0 amide bonds. The number of methoxy groups -OCH3 is 1. The monoisotopic (exact) mass is 290 g/mol. The largest absolute Gasteiger partial charge is 0.497 e. The zero-order chi connectivity index (χ0) is 14.8. The van der Waals surface area contributed by atoms with Crippen molar-refractivity contribution in [3.8, 4) is 5.75 Å². The lowest BCUT2D eigenvalue weighted by Gasteiger charge is -2.20. The summed E-state index contributed by atoms with van der Waals surface area (Å²) in [5.74, 6) is 0.899. The molecule has 0 unspecified atom stereocenters. The Bertz CT molecular complexity index is 634. The van der Waals surface area contributed by atoms with Gasteiger partial charge in [-0.15, -0.1) is 0 Å². The summed E-state index contributed by atoms with van der Waals surface area (Å²) in [7, 11) is 1.69. The van der Waals surface area contributed by atoms with Gasteiger partial charge in [0.25, 0.3) is 0 Å². The van der Waals surface area contributed by atoms with E-state index in [1.807, 2.05) is 18.3 Å². The smallest absolute Gasteiger partial charge is 0.177 e. The Kier molecular flexibility index (Phi) is 4.33. The minimum Gasteiger partial charge on any atom is -0.497 e. The number of ether oxygens (including phenoxy) is 1. The molecule has 0 fully saturated rings. The van der Waals surface area contributed by atoms with E-state index in [1.165, 1.54) is 11.3 Å². The molecule has 0 aliphatic heterocycles. The van der Waals surface area contributed by atoms with Crippen LogP contribution >= 0.6 is 12.2 Å². The summed E-state index contributed by atoms with van der Waals surface area (Å²) in [5, 5.41) is 0. The molecule has 0 spiro atoms. The molecule has 1 heterocycles. The molecule has 1 aromatic heterocycles. The van der Waals surface area contributed by atoms with Crippen LogP contribution in [-0.4, -0.2) is 16.7 Å². The summed E-state index contributed by atoms with van der Waals surface area (Å²) in [4.78, 5) is 3.16. The second-order valence-electron chi connectivity index (χ2n) is 5.98. The highest BCUT2D eigenvalue weighted by Crippen LogP contribution is 2.23. The number of nitrogens with one attached hydrogen (secondary N) is 1. The predicted octanol–water partition coefficient (Wildman–Crippen LogP) is 4.09. The third kappa shape index (κ3) is 3.31. The zero-order valence-corrected chi connectivity index (χ0v) is 13.4. The second kappa shape index (κ2) is 5.83. The van der Waals surface area contributed by atoms with Gasteiger partial charge in [0.2, 0.25) is 0 Å². The van der Waals surface area contributed by atoms with Crippen LogP contribution in [0.5, 0.6) is 5.75 Å². The standard InChI is InChI=1S/C16H22N2OS/c1-16(2,3)14-11-17-15(20)18(14)9-8-12-6-5-7-13(10-12)19-4/h5-7,10-11H,8-9H2,1-4H3,(H,17,20). The molecule has 4 heteroatoms. The van der Waals surface area contributed by atoms with Gasteiger partial charge in [-0.3, -0.25) is 0 Å². The summed E-state index contributed by atoms with van der Waals surface area (Å²) < 4.78 is 8.24. The van der Waals surface area contributed by atoms with Crippen LogP contribution in [0, 0.1) is 4.77 Å². The number of H-pyrrole nitrogens is 1. The topological polar surface area (TPSA) is 29.9 Å². The molecule has 2 rings (SSSR count). The lowest BCUT2D eigenvalue weighted by molar-refractivity contribution is 0.414. The Hall–Kier alpha value is -1.55. The number of hydrogen-bond acceptors (Lipinski definition) is 2. The van der Waals surface area contributed by atoms with Gasteiger partial charge in [0, 0.05) is 23.9 Å². The number of benzene rings is 1. The Morgan fingerprint density at radius 2 is 2.05 bits per heavy atom. The maximum absolute atomic E-state index is 5.39. The summed E-state index contributed by atoms with van der Waals surface area (Å²) in [6.07, 6.45) is 2.96. The van der Waals surface area contributed by atoms with Gasteiger partial charge in [-0.25, -0.2) is 0 Å². The molecule has 0 atom stereocenters. The van der Waals surface area contributed by atoms with Crippen molar-refractivity contribution in [2.75, 3.05) is 7.11 Å². The van der Waals surface area contributed by atoms with E-state index < -0.39 is 0 Å². The number of aryl methyl sites for hydroxylation is 1. The van der Waals surface area contributed by atoms with E-state index in [0.29, 0.717) is 0 Å². The SMILES string of the molecule is COc1cccc(CCn2c(C(C)(C)C)c[nH]c2=S)c1. The summed E-state index contributed by atoms with van der Waals surface area (Å²) >= 11 is 5.39. The maximum atomic E-state index is 5.39. The van der Waals surface area contributed by atoms with Crippen LogP contribution in [0.25, 0.3) is 0 Å². The first-order chi connectivity index (χ1) is 9.41. The van der Waals surface area contributed by atoms with Gasteiger partial charge in [0.05, 0.1) is 7.11 Å². The molecule has 0 aliphatic rings. The van der Waals surface area contributed by atoms with E-state index in [2.05, 4.69) is 42.5 Å². The van der Waals surface area contributed by atoms with Crippen LogP contribution in [0.1, 0.15) is 32.0 Å². The number of imidazole rings is 1. The lowest BCUT2D eigenvalue weighted by Crippen LogP contribution is -2.18. The summed E-state index contributed by atoms with van der Waals surface area (Å²) in [6, 6.07) is 8.18. The van der Waals surface area contributed by atoms with Crippen molar-refractivity contribution in [3.05, 3.63) is 46.5 Å². The highest BCUT2D eigenvalue weighted by molar-refractivity contribution is 7.71. The minimum atomic E-state index is 0.0853. The highest BCUT2D eigenvalue weighted by atomic mass is 32.1. The first kappa shape index (κ1) is 14.9. The lowest BCUT2D eigenvalue weighted by atomic mass is 9.92. The van der Waals surface area contributed by atoms with E-state index in [0.717, 1.165) is 23.5 Å². The fourth-order valence-corrected chi connectivity index (χ4v) is 2.56. The van der Waals surface area contributed by atoms with E-state index in [-0.39, 0.29) is 5.41 Å². The zero-order valence-electron chi connectivity index (χ0n) is 12.6. The normalized spacial score (nSPS) is 11.6. The molecule has 3 nitrogen and oxygen atoms in total. The van der Waals surface area contributed by atoms with Crippen molar-refractivity contribution in [2.24, 2.45) is 0 Å². The average Bonchev–Trinajstić information content (AvgIpc) is 2.78. The van der Waals surface area contributed by atoms with Crippen LogP contribution in [0.3, 0.4) is 0 Å². The van der Waals surface area contributed by atoms with Gasteiger partial charge in [0.1, 0.15) is 5.75 Å². The van der Waals surface area contributed by atoms with Crippen LogP contribution in [0.4, 0.5) is 0 Å². The van der Waals surface area contributed by atoms with E-state index in [1.54, 1.807) is 7.11 Å². The fourth-order valence-electron chi connectivity index (χ4n) is 2.31. The van der Waals surface area contributed by atoms with Crippen molar-refractivity contribution in [1.29, 1.82) is 0 Å². The molecule has 0 aliphatic carbocycles. The molecular weight excluding hydrogens is 268 g/mol. The maximum Gasteiger partial charge on any atom is 0.177 e. The Labute approximate surface area is 125 Å². The average molecular weight is 290 g/mol. The fraction of sp³-hybridized carbons (Fsp3) is 0.438. The minimum absolute atomic E-state index is 0.0853. The molecule has 0 saturated heterocycles. The van der Waals surface area contributed by atoms with Crippen LogP contribution in [0.15, 0.2) is 30.5 Å². The molecule has 1 N–H and O–H groups in total. The van der Waals surface area contributed by atoms with E-state index in [4.69, 9.17) is 17.0 Å². The second-order valence-corrected chi connectivity index (χ2v) is 6.37. The van der Waals surface area contributed by atoms with Gasteiger partial charge >= 0.3 is 0 Å². The third-order valence-electron chi connectivity index (χ3n) is 3.39. The van der Waals surface area contributed by atoms with Crippen LogP contribution < -0.4 is 4.74 Å². The van der Waals surface area contributed by atoms with Gasteiger partial charge in [-0.1, -0.05) is 32.9 Å². The van der Waals surface area contributed by atoms with Crippen LogP contribution in [0.2, 0.25) is 0 Å². The number of rotatable bonds is 4. The van der Waals surface area contributed by atoms with Crippen molar-refractivity contribution >= 4 is 12.2 Å². The molecule has 2 aromatic rings. The molecule has 1 aromatic carbocycles. The molecule has 108 valence electrons. The Morgan fingerprint density at radius 1 is 1.30 bits per heavy atom. The van der Waals surface area contributed by atoms with E-state index in [9.17, 15) is 0 Å². The number of aromatic amines is 1. The predicted molar refractivity (Wildman–Crippen MR) is 85.0 cm³/mol. The highest BCUT2D eigenvalue weighted by Gasteiger charge is 2.19.